The predicted octanol–water partition coefficient (Wildman–Crippen LogP) is 3.77. The van der Waals surface area contributed by atoms with E-state index in [0.29, 0.717) is 35.9 Å². The lowest BCUT2D eigenvalue weighted by Crippen LogP contribution is -2.25. The minimum absolute atomic E-state index is 0.147. The van der Waals surface area contributed by atoms with Crippen LogP contribution in [0.1, 0.15) is 16.8 Å². The van der Waals surface area contributed by atoms with Gasteiger partial charge >= 0.3 is 0 Å². The largest absolute Gasteiger partial charge is 0.436 e. The van der Waals surface area contributed by atoms with Crippen LogP contribution in [0.4, 0.5) is 0 Å². The van der Waals surface area contributed by atoms with Crippen molar-refractivity contribution in [3.63, 3.8) is 0 Å². The molecule has 0 saturated carbocycles. The molecule has 128 valence electrons. The minimum atomic E-state index is -0.147. The Morgan fingerprint density at radius 3 is 2.68 bits per heavy atom. The number of amides is 1. The summed E-state index contributed by atoms with van der Waals surface area (Å²) < 4.78 is 10.9. The van der Waals surface area contributed by atoms with Gasteiger partial charge in [-0.05, 0) is 18.6 Å². The van der Waals surface area contributed by atoms with Crippen molar-refractivity contribution in [2.45, 2.75) is 6.42 Å². The van der Waals surface area contributed by atoms with Crippen LogP contribution in [0.5, 0.6) is 0 Å². The topological polar surface area (TPSA) is 64.4 Å². The summed E-state index contributed by atoms with van der Waals surface area (Å²) in [7, 11) is 1.64. The quantitative estimate of drug-likeness (QED) is 0.667. The normalized spacial score (nSPS) is 10.6. The van der Waals surface area contributed by atoms with E-state index in [0.717, 1.165) is 12.0 Å². The molecule has 0 unspecified atom stereocenters. The van der Waals surface area contributed by atoms with Gasteiger partial charge in [-0.3, -0.25) is 4.79 Å². The molecule has 0 spiro atoms. The Balaban J connectivity index is 1.81. The van der Waals surface area contributed by atoms with Crippen LogP contribution in [0.3, 0.4) is 0 Å². The van der Waals surface area contributed by atoms with Crippen LogP contribution in [0.2, 0.25) is 0 Å². The number of hydrogen-bond acceptors (Lipinski definition) is 4. The van der Waals surface area contributed by atoms with E-state index in [-0.39, 0.29) is 5.91 Å². The second-order valence-corrected chi connectivity index (χ2v) is 5.54. The van der Waals surface area contributed by atoms with Crippen LogP contribution in [0.15, 0.2) is 65.2 Å². The zero-order valence-electron chi connectivity index (χ0n) is 14.1. The summed E-state index contributed by atoms with van der Waals surface area (Å²) >= 11 is 0. The molecular weight excluding hydrogens is 316 g/mol. The SMILES string of the molecule is COCCCNC(=O)c1ccccc1-c1ncc(-c2ccccc2)o1. The lowest BCUT2D eigenvalue weighted by atomic mass is 10.1. The first-order valence-corrected chi connectivity index (χ1v) is 8.17. The standard InChI is InChI=1S/C20H20N2O3/c1-24-13-7-12-21-19(23)16-10-5-6-11-17(16)20-22-14-18(25-20)15-8-3-2-4-9-15/h2-6,8-11,14H,7,12-13H2,1H3,(H,21,23). The Labute approximate surface area is 146 Å². The molecule has 0 aliphatic carbocycles. The molecule has 25 heavy (non-hydrogen) atoms. The third-order valence-corrected chi connectivity index (χ3v) is 3.78. The number of nitrogens with one attached hydrogen (secondary N) is 1. The third kappa shape index (κ3) is 4.14. The first-order chi connectivity index (χ1) is 12.3. The van der Waals surface area contributed by atoms with E-state index in [1.165, 1.54) is 0 Å². The fraction of sp³-hybridized carbons (Fsp3) is 0.200. The van der Waals surface area contributed by atoms with E-state index in [1.807, 2.05) is 48.5 Å². The number of carbonyl (C=O) groups is 1. The molecule has 1 heterocycles. The van der Waals surface area contributed by atoms with Crippen molar-refractivity contribution in [3.8, 4) is 22.8 Å². The summed E-state index contributed by atoms with van der Waals surface area (Å²) in [6.45, 7) is 1.17. The smallest absolute Gasteiger partial charge is 0.252 e. The van der Waals surface area contributed by atoms with Crippen molar-refractivity contribution < 1.29 is 13.9 Å². The van der Waals surface area contributed by atoms with E-state index in [1.54, 1.807) is 19.4 Å². The highest BCUT2D eigenvalue weighted by molar-refractivity contribution is 6.00. The molecule has 0 atom stereocenters. The van der Waals surface area contributed by atoms with Gasteiger partial charge in [-0.25, -0.2) is 4.98 Å². The van der Waals surface area contributed by atoms with Crippen LogP contribution in [-0.2, 0) is 4.74 Å². The molecule has 3 aromatic rings. The van der Waals surface area contributed by atoms with Crippen molar-refractivity contribution in [1.29, 1.82) is 0 Å². The van der Waals surface area contributed by atoms with Gasteiger partial charge in [0.25, 0.3) is 5.91 Å². The van der Waals surface area contributed by atoms with E-state index in [9.17, 15) is 4.79 Å². The van der Waals surface area contributed by atoms with Gasteiger partial charge in [0.1, 0.15) is 0 Å². The highest BCUT2D eigenvalue weighted by Gasteiger charge is 2.16. The molecule has 1 amide bonds. The third-order valence-electron chi connectivity index (χ3n) is 3.78. The van der Waals surface area contributed by atoms with E-state index in [4.69, 9.17) is 9.15 Å². The summed E-state index contributed by atoms with van der Waals surface area (Å²) in [5.74, 6) is 0.957. The van der Waals surface area contributed by atoms with Crippen molar-refractivity contribution in [2.75, 3.05) is 20.3 Å². The number of hydrogen-bond donors (Lipinski definition) is 1. The second-order valence-electron chi connectivity index (χ2n) is 5.54. The fourth-order valence-electron chi connectivity index (χ4n) is 2.52. The number of ether oxygens (including phenoxy) is 1. The Morgan fingerprint density at radius 2 is 1.88 bits per heavy atom. The minimum Gasteiger partial charge on any atom is -0.436 e. The Morgan fingerprint density at radius 1 is 1.12 bits per heavy atom. The average molecular weight is 336 g/mol. The zero-order valence-corrected chi connectivity index (χ0v) is 14.1. The Bertz CT molecular complexity index is 828. The lowest BCUT2D eigenvalue weighted by molar-refractivity contribution is 0.0949. The second kappa shape index (κ2) is 8.26. The van der Waals surface area contributed by atoms with Gasteiger partial charge in [0.05, 0.1) is 11.8 Å². The molecule has 1 N–H and O–H groups in total. The summed E-state index contributed by atoms with van der Waals surface area (Å²) in [4.78, 5) is 16.8. The molecule has 5 heteroatoms. The van der Waals surface area contributed by atoms with Crippen LogP contribution < -0.4 is 5.32 Å². The van der Waals surface area contributed by atoms with Crippen LogP contribution in [-0.4, -0.2) is 31.2 Å². The maximum absolute atomic E-state index is 12.5. The summed E-state index contributed by atoms with van der Waals surface area (Å²) in [6.07, 6.45) is 2.44. The molecule has 0 aliphatic rings. The van der Waals surface area contributed by atoms with E-state index >= 15 is 0 Å². The van der Waals surface area contributed by atoms with Gasteiger partial charge in [-0.1, -0.05) is 42.5 Å². The molecule has 5 nitrogen and oxygen atoms in total. The average Bonchev–Trinajstić information content (AvgIpc) is 3.16. The van der Waals surface area contributed by atoms with Crippen molar-refractivity contribution in [1.82, 2.24) is 10.3 Å². The zero-order chi connectivity index (χ0) is 17.5. The highest BCUT2D eigenvalue weighted by atomic mass is 16.5. The number of carbonyl (C=O) groups excluding carboxylic acids is 1. The van der Waals surface area contributed by atoms with Gasteiger partial charge in [0.15, 0.2) is 5.76 Å². The number of methoxy groups -OCH3 is 1. The van der Waals surface area contributed by atoms with Gasteiger partial charge in [0, 0.05) is 31.4 Å². The number of rotatable bonds is 7. The number of benzene rings is 2. The molecule has 0 aliphatic heterocycles. The lowest BCUT2D eigenvalue weighted by Gasteiger charge is -2.08. The fourth-order valence-corrected chi connectivity index (χ4v) is 2.52. The molecule has 3 rings (SSSR count). The van der Waals surface area contributed by atoms with Gasteiger partial charge in [0.2, 0.25) is 5.89 Å². The molecule has 0 fully saturated rings. The maximum Gasteiger partial charge on any atom is 0.252 e. The van der Waals surface area contributed by atoms with Gasteiger partial charge in [-0.15, -0.1) is 0 Å². The highest BCUT2D eigenvalue weighted by Crippen LogP contribution is 2.28. The number of oxazole rings is 1. The van der Waals surface area contributed by atoms with Gasteiger partial charge < -0.3 is 14.5 Å². The molecule has 0 radical (unpaired) electrons. The molecule has 0 bridgehead atoms. The Hall–Kier alpha value is -2.92. The summed E-state index contributed by atoms with van der Waals surface area (Å²) in [6, 6.07) is 17.1. The predicted molar refractivity (Wildman–Crippen MR) is 96.2 cm³/mol. The van der Waals surface area contributed by atoms with Crippen molar-refractivity contribution in [2.24, 2.45) is 0 Å². The first-order valence-electron chi connectivity index (χ1n) is 8.17. The Kier molecular flexibility index (Phi) is 5.59. The number of nitrogens with zero attached hydrogens (tertiary/aromatic N) is 1. The van der Waals surface area contributed by atoms with Crippen molar-refractivity contribution in [3.05, 3.63) is 66.4 Å². The molecule has 0 saturated heterocycles. The van der Waals surface area contributed by atoms with Gasteiger partial charge in [-0.2, -0.15) is 0 Å². The van der Waals surface area contributed by atoms with Crippen LogP contribution >= 0.6 is 0 Å². The van der Waals surface area contributed by atoms with Crippen LogP contribution in [0.25, 0.3) is 22.8 Å². The number of aromatic nitrogens is 1. The van der Waals surface area contributed by atoms with Crippen LogP contribution in [0, 0.1) is 0 Å². The summed E-state index contributed by atoms with van der Waals surface area (Å²) in [5, 5.41) is 2.89. The first kappa shape index (κ1) is 16.9. The molecular formula is C20H20N2O3. The van der Waals surface area contributed by atoms with E-state index in [2.05, 4.69) is 10.3 Å². The maximum atomic E-state index is 12.5. The molecule has 2 aromatic carbocycles. The summed E-state index contributed by atoms with van der Waals surface area (Å²) in [5.41, 5.74) is 2.16. The van der Waals surface area contributed by atoms with Crippen molar-refractivity contribution >= 4 is 5.91 Å². The molecule has 1 aromatic heterocycles. The monoisotopic (exact) mass is 336 g/mol. The van der Waals surface area contributed by atoms with E-state index < -0.39 is 0 Å².